The Labute approximate surface area is 181 Å². The molecule has 1 fully saturated rings. The third-order valence-electron chi connectivity index (χ3n) is 3.79. The van der Waals surface area contributed by atoms with Gasteiger partial charge in [-0.3, -0.25) is 4.79 Å². The lowest BCUT2D eigenvalue weighted by atomic mass is 10.2. The van der Waals surface area contributed by atoms with E-state index in [1.54, 1.807) is 37.5 Å². The Morgan fingerprint density at radius 3 is 2.86 bits per heavy atom. The van der Waals surface area contributed by atoms with E-state index in [1.807, 2.05) is 18.2 Å². The number of nitrogens with one attached hydrogen (secondary N) is 2. The van der Waals surface area contributed by atoms with E-state index in [9.17, 15) is 4.79 Å². The van der Waals surface area contributed by atoms with E-state index < -0.39 is 0 Å². The van der Waals surface area contributed by atoms with Gasteiger partial charge in [0.1, 0.15) is 18.1 Å². The number of methoxy groups -OCH3 is 1. The first-order valence-corrected chi connectivity index (χ1v) is 10.4. The number of carbonyl (C=O) groups excluding carboxylic acids is 1. The van der Waals surface area contributed by atoms with Crippen LogP contribution in [0.3, 0.4) is 0 Å². The van der Waals surface area contributed by atoms with Gasteiger partial charge in [0.2, 0.25) is 0 Å². The maximum absolute atomic E-state index is 12.4. The number of halogens is 2. The highest BCUT2D eigenvalue weighted by Gasteiger charge is 2.28. The van der Waals surface area contributed by atoms with Gasteiger partial charge in [-0.25, -0.2) is 0 Å². The van der Waals surface area contributed by atoms with Crippen LogP contribution in [0.1, 0.15) is 5.56 Å². The third kappa shape index (κ3) is 5.04. The molecule has 2 aromatic carbocycles. The normalized spacial score (nSPS) is 17.3. The topological polar surface area (TPSA) is 59.6 Å². The van der Waals surface area contributed by atoms with Crippen LogP contribution in [0.4, 0.5) is 5.69 Å². The first-order valence-electron chi connectivity index (χ1n) is 8.32. The predicted molar refractivity (Wildman–Crippen MR) is 119 cm³/mol. The summed E-state index contributed by atoms with van der Waals surface area (Å²) in [5, 5.41) is 6.71. The van der Waals surface area contributed by atoms with Gasteiger partial charge >= 0.3 is 0 Å². The molecule has 146 valence electrons. The lowest BCUT2D eigenvalue weighted by Crippen LogP contribution is -2.31. The van der Waals surface area contributed by atoms with Crippen LogP contribution in [0, 0.1) is 0 Å². The zero-order chi connectivity index (χ0) is 20.1. The Morgan fingerprint density at radius 2 is 2.11 bits per heavy atom. The lowest BCUT2D eigenvalue weighted by Gasteiger charge is -2.15. The summed E-state index contributed by atoms with van der Waals surface area (Å²) in [7, 11) is 1.58. The van der Waals surface area contributed by atoms with Crippen LogP contribution in [0.25, 0.3) is 6.08 Å². The molecule has 28 heavy (non-hydrogen) atoms. The largest absolute Gasteiger partial charge is 0.495 e. The summed E-state index contributed by atoms with van der Waals surface area (Å²) in [5.74, 6) is 1.15. The van der Waals surface area contributed by atoms with Gasteiger partial charge in [-0.1, -0.05) is 51.9 Å². The molecule has 1 amide bonds. The maximum Gasteiger partial charge on any atom is 0.260 e. The standard InChI is InChI=1S/C20H18BrClN2O3S/c1-3-8-27-16-6-4-13(21)9-12(16)10-18-19(25)24-20(28-18)23-15-11-14(22)5-7-17(15)26-2/h3-7,9-11,20,23H,1,8H2,2H3,(H,24,25)/b18-10-. The SMILES string of the molecule is C=CCOc1ccc(Br)cc1/C=C1\SC(Nc2cc(Cl)ccc2OC)NC1=O. The van der Waals surface area contributed by atoms with E-state index in [0.29, 0.717) is 33.7 Å². The molecule has 2 N–H and O–H groups in total. The fourth-order valence-corrected chi connectivity index (χ4v) is 4.07. The number of amides is 1. The van der Waals surface area contributed by atoms with Crippen molar-refractivity contribution in [2.45, 2.75) is 5.50 Å². The summed E-state index contributed by atoms with van der Waals surface area (Å²) in [5.41, 5.74) is 1.15. The van der Waals surface area contributed by atoms with Gasteiger partial charge in [-0.15, -0.1) is 0 Å². The summed E-state index contributed by atoms with van der Waals surface area (Å²) in [6.45, 7) is 4.05. The second-order valence-electron chi connectivity index (χ2n) is 5.75. The third-order valence-corrected chi connectivity index (χ3v) is 5.55. The Morgan fingerprint density at radius 1 is 1.32 bits per heavy atom. The highest BCUT2D eigenvalue weighted by atomic mass is 79.9. The highest BCUT2D eigenvalue weighted by Crippen LogP contribution is 2.35. The van der Waals surface area contributed by atoms with Crippen molar-refractivity contribution >= 4 is 57.0 Å². The number of thioether (sulfide) groups is 1. The molecular weight excluding hydrogens is 464 g/mol. The molecule has 0 spiro atoms. The van der Waals surface area contributed by atoms with Crippen LogP contribution in [0.2, 0.25) is 5.02 Å². The van der Waals surface area contributed by atoms with Gasteiger partial charge in [0.05, 0.1) is 17.7 Å². The van der Waals surface area contributed by atoms with Crippen LogP contribution >= 0.6 is 39.3 Å². The number of carbonyl (C=O) groups is 1. The van der Waals surface area contributed by atoms with Gasteiger partial charge < -0.3 is 20.1 Å². The fraction of sp³-hybridized carbons (Fsp3) is 0.150. The van der Waals surface area contributed by atoms with Gasteiger partial charge in [0.15, 0.2) is 5.50 Å². The van der Waals surface area contributed by atoms with Crippen molar-refractivity contribution in [2.24, 2.45) is 0 Å². The number of hydrogen-bond acceptors (Lipinski definition) is 5. The first kappa shape index (κ1) is 20.6. The number of anilines is 1. The molecule has 1 aliphatic heterocycles. The summed E-state index contributed by atoms with van der Waals surface area (Å²) in [6, 6.07) is 10.9. The van der Waals surface area contributed by atoms with Crippen molar-refractivity contribution in [3.63, 3.8) is 0 Å². The van der Waals surface area contributed by atoms with Crippen LogP contribution in [-0.2, 0) is 4.79 Å². The second-order valence-corrected chi connectivity index (χ2v) is 8.25. The van der Waals surface area contributed by atoms with Crippen molar-refractivity contribution in [1.82, 2.24) is 5.32 Å². The van der Waals surface area contributed by atoms with Gasteiger partial charge in [0, 0.05) is 15.1 Å². The Kier molecular flexibility index (Phi) is 6.93. The summed E-state index contributed by atoms with van der Waals surface area (Å²) in [4.78, 5) is 13.0. The minimum atomic E-state index is -0.351. The van der Waals surface area contributed by atoms with Crippen molar-refractivity contribution in [2.75, 3.05) is 19.0 Å². The molecule has 1 saturated heterocycles. The molecule has 0 aromatic heterocycles. The second kappa shape index (κ2) is 9.41. The van der Waals surface area contributed by atoms with E-state index in [4.69, 9.17) is 21.1 Å². The Bertz CT molecular complexity index is 936. The van der Waals surface area contributed by atoms with Crippen LogP contribution in [-0.4, -0.2) is 25.1 Å². The minimum Gasteiger partial charge on any atom is -0.495 e. The average molecular weight is 482 g/mol. The van der Waals surface area contributed by atoms with E-state index in [2.05, 4.69) is 33.1 Å². The minimum absolute atomic E-state index is 0.168. The molecular formula is C20H18BrClN2O3S. The predicted octanol–water partition coefficient (Wildman–Crippen LogP) is 5.28. The van der Waals surface area contributed by atoms with Gasteiger partial charge in [0.25, 0.3) is 5.91 Å². The van der Waals surface area contributed by atoms with Gasteiger partial charge in [-0.2, -0.15) is 0 Å². The molecule has 5 nitrogen and oxygen atoms in total. The maximum atomic E-state index is 12.4. The van der Waals surface area contributed by atoms with E-state index in [1.165, 1.54) is 11.8 Å². The summed E-state index contributed by atoms with van der Waals surface area (Å²) in [6.07, 6.45) is 3.48. The number of benzene rings is 2. The zero-order valence-corrected chi connectivity index (χ0v) is 18.2. The summed E-state index contributed by atoms with van der Waals surface area (Å²) < 4.78 is 11.9. The Balaban J connectivity index is 1.81. The molecule has 2 aromatic rings. The average Bonchev–Trinajstić information content (AvgIpc) is 3.00. The van der Waals surface area contributed by atoms with E-state index in [0.717, 1.165) is 10.0 Å². The number of ether oxygens (including phenoxy) is 2. The lowest BCUT2D eigenvalue weighted by molar-refractivity contribution is -0.116. The zero-order valence-electron chi connectivity index (χ0n) is 15.0. The summed E-state index contributed by atoms with van der Waals surface area (Å²) >= 11 is 10.9. The molecule has 1 aliphatic rings. The van der Waals surface area contributed by atoms with Crippen molar-refractivity contribution < 1.29 is 14.3 Å². The molecule has 0 radical (unpaired) electrons. The van der Waals surface area contributed by atoms with E-state index in [-0.39, 0.29) is 11.4 Å². The molecule has 3 rings (SSSR count). The quantitative estimate of drug-likeness (QED) is 0.416. The van der Waals surface area contributed by atoms with Crippen LogP contribution in [0.5, 0.6) is 11.5 Å². The van der Waals surface area contributed by atoms with Gasteiger partial charge in [-0.05, 0) is 42.5 Å². The van der Waals surface area contributed by atoms with Crippen LogP contribution in [0.15, 0.2) is 58.4 Å². The highest BCUT2D eigenvalue weighted by molar-refractivity contribution is 9.10. The van der Waals surface area contributed by atoms with Crippen molar-refractivity contribution in [3.8, 4) is 11.5 Å². The first-order chi connectivity index (χ1) is 13.5. The van der Waals surface area contributed by atoms with Crippen molar-refractivity contribution in [1.29, 1.82) is 0 Å². The monoisotopic (exact) mass is 480 g/mol. The fourth-order valence-electron chi connectivity index (χ4n) is 2.55. The Hall–Kier alpha value is -2.09. The molecule has 1 unspecified atom stereocenters. The molecule has 1 heterocycles. The van der Waals surface area contributed by atoms with Crippen molar-refractivity contribution in [3.05, 3.63) is 69.0 Å². The molecule has 0 saturated carbocycles. The molecule has 1 atom stereocenters. The van der Waals surface area contributed by atoms with E-state index >= 15 is 0 Å². The smallest absolute Gasteiger partial charge is 0.260 e. The number of hydrogen-bond donors (Lipinski definition) is 2. The number of rotatable bonds is 7. The molecule has 0 bridgehead atoms. The van der Waals surface area contributed by atoms with Crippen LogP contribution < -0.4 is 20.1 Å². The molecule has 0 aliphatic carbocycles. The molecule has 8 heteroatoms.